The first-order chi connectivity index (χ1) is 5.34. The van der Waals surface area contributed by atoms with Gasteiger partial charge in [-0.05, 0) is 37.3 Å². The molecule has 0 aliphatic rings. The first-order valence-corrected chi connectivity index (χ1v) is 4.61. The Labute approximate surface area is 69.9 Å². The molecule has 11 heavy (non-hydrogen) atoms. The second-order valence-corrected chi connectivity index (χ2v) is 3.30. The molecule has 1 unspecified atom stereocenters. The third-order valence-electron chi connectivity index (χ3n) is 1.18. The van der Waals surface area contributed by atoms with Crippen LogP contribution in [0.3, 0.4) is 0 Å². The molecule has 0 saturated heterocycles. The van der Waals surface area contributed by atoms with E-state index in [0.717, 1.165) is 4.90 Å². The molecule has 0 aliphatic heterocycles. The number of nitrogens with one attached hydrogen (secondary N) is 1. The van der Waals surface area contributed by atoms with E-state index in [4.69, 9.17) is 0 Å². The van der Waals surface area contributed by atoms with Crippen molar-refractivity contribution in [1.29, 1.82) is 0 Å². The van der Waals surface area contributed by atoms with Crippen LogP contribution in [0.15, 0.2) is 29.2 Å². The fraction of sp³-hybridized carbons (Fsp3) is 0.250. The zero-order valence-electron chi connectivity index (χ0n) is 6.33. The summed E-state index contributed by atoms with van der Waals surface area (Å²) in [6.45, 7) is 2.64. The van der Waals surface area contributed by atoms with Gasteiger partial charge in [-0.3, -0.25) is 0 Å². The molecule has 3 heteroatoms. The summed E-state index contributed by atoms with van der Waals surface area (Å²) in [6, 6.07) is 9.96. The topological polar surface area (TPSA) is 35.1 Å². The molecule has 2 nitrogen and oxygen atoms in total. The van der Waals surface area contributed by atoms with Crippen LogP contribution in [-0.4, -0.2) is 11.1 Å². The highest BCUT2D eigenvalue weighted by Gasteiger charge is 2.06. The van der Waals surface area contributed by atoms with Gasteiger partial charge < -0.3 is 4.55 Å². The van der Waals surface area contributed by atoms with Gasteiger partial charge in [0, 0.05) is 6.54 Å². The molecule has 0 saturated carbocycles. The molecule has 0 amide bonds. The third kappa shape index (κ3) is 2.54. The van der Waals surface area contributed by atoms with E-state index in [1.807, 2.05) is 6.92 Å². The van der Waals surface area contributed by atoms with E-state index < -0.39 is 11.4 Å². The minimum atomic E-state index is -1.05. The van der Waals surface area contributed by atoms with Crippen molar-refractivity contribution in [3.05, 3.63) is 30.3 Å². The second kappa shape index (κ2) is 4.38. The van der Waals surface area contributed by atoms with E-state index in [1.165, 1.54) is 0 Å². The van der Waals surface area contributed by atoms with E-state index >= 15 is 0 Å². The van der Waals surface area contributed by atoms with Gasteiger partial charge in [0.1, 0.15) is 0 Å². The lowest BCUT2D eigenvalue weighted by Crippen LogP contribution is -2.22. The van der Waals surface area contributed by atoms with Crippen LogP contribution in [0.2, 0.25) is 0 Å². The molecule has 1 aromatic carbocycles. The maximum absolute atomic E-state index is 11.2. The first kappa shape index (κ1) is 8.59. The number of hydrogen-bond acceptors (Lipinski definition) is 2. The molecule has 1 atom stereocenters. The van der Waals surface area contributed by atoms with Crippen molar-refractivity contribution in [2.45, 2.75) is 11.8 Å². The lowest BCUT2D eigenvalue weighted by atomic mass is 10.4. The summed E-state index contributed by atoms with van der Waals surface area (Å²) in [5.41, 5.74) is 0. The maximum Gasteiger partial charge on any atom is 0.173 e. The van der Waals surface area contributed by atoms with Crippen LogP contribution in [0.5, 0.6) is 0 Å². The van der Waals surface area contributed by atoms with Crippen LogP contribution in [0.4, 0.5) is 0 Å². The predicted molar refractivity (Wildman–Crippen MR) is 45.4 cm³/mol. The summed E-state index contributed by atoms with van der Waals surface area (Å²) >= 11 is -1.05. The van der Waals surface area contributed by atoms with Crippen molar-refractivity contribution in [3.63, 3.8) is 0 Å². The van der Waals surface area contributed by atoms with Gasteiger partial charge in [-0.2, -0.15) is 0 Å². The van der Waals surface area contributed by atoms with Crippen molar-refractivity contribution in [2.75, 3.05) is 6.54 Å². The molecular formula is C8H10NOS. The number of benzene rings is 1. The zero-order chi connectivity index (χ0) is 8.10. The van der Waals surface area contributed by atoms with Crippen molar-refractivity contribution in [1.82, 2.24) is 4.72 Å². The number of rotatable bonds is 3. The minimum absolute atomic E-state index is 0.714. The van der Waals surface area contributed by atoms with Crippen molar-refractivity contribution in [3.8, 4) is 0 Å². The van der Waals surface area contributed by atoms with E-state index in [1.54, 1.807) is 24.3 Å². The minimum Gasteiger partial charge on any atom is -0.593 e. The standard InChI is InChI=1S/C8H10NOS/c1-2-9-11(10)8-6-4-3-5-7-8/h4-7,9H,2H2,1H3. The molecule has 0 bridgehead atoms. The van der Waals surface area contributed by atoms with E-state index in [-0.39, 0.29) is 0 Å². The Balaban J connectivity index is 2.61. The van der Waals surface area contributed by atoms with Gasteiger partial charge in [-0.15, -0.1) is 4.72 Å². The number of hydrogen-bond donors (Lipinski definition) is 1. The Kier molecular flexibility index (Phi) is 3.42. The molecule has 1 rings (SSSR count). The smallest absolute Gasteiger partial charge is 0.173 e. The van der Waals surface area contributed by atoms with Crippen LogP contribution in [-0.2, 0) is 11.4 Å². The summed E-state index contributed by atoms with van der Waals surface area (Å²) in [7, 11) is 0. The van der Waals surface area contributed by atoms with Crippen molar-refractivity contribution < 1.29 is 4.55 Å². The van der Waals surface area contributed by atoms with Crippen molar-refractivity contribution >= 4 is 11.4 Å². The van der Waals surface area contributed by atoms with Crippen LogP contribution >= 0.6 is 0 Å². The molecule has 1 aromatic rings. The summed E-state index contributed by atoms with van der Waals surface area (Å²) in [6.07, 6.45) is 0. The largest absolute Gasteiger partial charge is 0.593 e. The Morgan fingerprint density at radius 1 is 1.55 bits per heavy atom. The summed E-state index contributed by atoms with van der Waals surface area (Å²) in [5, 5.41) is 0. The monoisotopic (exact) mass is 168 g/mol. The van der Waals surface area contributed by atoms with Crippen LogP contribution < -0.4 is 4.72 Å². The maximum atomic E-state index is 11.2. The Morgan fingerprint density at radius 2 is 2.18 bits per heavy atom. The van der Waals surface area contributed by atoms with Crippen LogP contribution in [0, 0.1) is 6.07 Å². The van der Waals surface area contributed by atoms with Crippen LogP contribution in [0.25, 0.3) is 0 Å². The second-order valence-electron chi connectivity index (χ2n) is 2.00. The molecule has 0 spiro atoms. The summed E-state index contributed by atoms with van der Waals surface area (Å²) in [5.74, 6) is 0. The molecule has 0 aliphatic carbocycles. The van der Waals surface area contributed by atoms with Gasteiger partial charge in [-0.1, -0.05) is 0 Å². The molecule has 1 N–H and O–H groups in total. The van der Waals surface area contributed by atoms with Gasteiger partial charge in [-0.25, -0.2) is 0 Å². The zero-order valence-corrected chi connectivity index (χ0v) is 7.15. The van der Waals surface area contributed by atoms with Gasteiger partial charge in [0.05, 0.1) is 11.4 Å². The quantitative estimate of drug-likeness (QED) is 0.686. The Hall–Kier alpha value is -0.510. The van der Waals surface area contributed by atoms with Gasteiger partial charge in [0.25, 0.3) is 0 Å². The molecule has 59 valence electrons. The average molecular weight is 168 g/mol. The van der Waals surface area contributed by atoms with Gasteiger partial charge in [0.2, 0.25) is 0 Å². The van der Waals surface area contributed by atoms with Gasteiger partial charge >= 0.3 is 0 Å². The van der Waals surface area contributed by atoms with E-state index in [0.29, 0.717) is 6.54 Å². The molecule has 0 aromatic heterocycles. The fourth-order valence-corrected chi connectivity index (χ4v) is 1.52. The Morgan fingerprint density at radius 3 is 2.73 bits per heavy atom. The summed E-state index contributed by atoms with van der Waals surface area (Å²) < 4.78 is 14.1. The molecule has 1 radical (unpaired) electrons. The normalized spacial score (nSPS) is 12.9. The SMILES string of the molecule is CCN[S+]([O-])c1cc[c]cc1. The van der Waals surface area contributed by atoms with Crippen molar-refractivity contribution in [2.24, 2.45) is 0 Å². The van der Waals surface area contributed by atoms with E-state index in [9.17, 15) is 4.55 Å². The fourth-order valence-electron chi connectivity index (χ4n) is 0.710. The van der Waals surface area contributed by atoms with E-state index in [2.05, 4.69) is 10.8 Å². The first-order valence-electron chi connectivity index (χ1n) is 3.46. The third-order valence-corrected chi connectivity index (χ3v) is 2.43. The molecule has 0 fully saturated rings. The average Bonchev–Trinajstić information content (AvgIpc) is 2.07. The molecule has 0 heterocycles. The molecular weight excluding hydrogens is 158 g/mol. The lowest BCUT2D eigenvalue weighted by Gasteiger charge is -2.07. The summed E-state index contributed by atoms with van der Waals surface area (Å²) in [4.78, 5) is 0.797. The highest BCUT2D eigenvalue weighted by molar-refractivity contribution is 7.89. The van der Waals surface area contributed by atoms with Gasteiger partial charge in [0.15, 0.2) is 4.90 Å². The highest BCUT2D eigenvalue weighted by atomic mass is 32.2. The highest BCUT2D eigenvalue weighted by Crippen LogP contribution is 2.05. The Bertz CT molecular complexity index is 203. The lowest BCUT2D eigenvalue weighted by molar-refractivity contribution is 0.583. The predicted octanol–water partition coefficient (Wildman–Crippen LogP) is 1.12. The van der Waals surface area contributed by atoms with Crippen LogP contribution in [0.1, 0.15) is 6.92 Å².